The summed E-state index contributed by atoms with van der Waals surface area (Å²) in [5, 5.41) is 2.84. The number of anilines is 1. The Morgan fingerprint density at radius 3 is 2.81 bits per heavy atom. The van der Waals surface area contributed by atoms with Gasteiger partial charge in [-0.2, -0.15) is 0 Å². The van der Waals surface area contributed by atoms with Crippen molar-refractivity contribution in [1.82, 2.24) is 0 Å². The Morgan fingerprint density at radius 2 is 2.00 bits per heavy atom. The van der Waals surface area contributed by atoms with Crippen LogP contribution in [0.15, 0.2) is 30.3 Å². The van der Waals surface area contributed by atoms with Gasteiger partial charge in [0.2, 0.25) is 0 Å². The average Bonchev–Trinajstić information content (AvgIpc) is 2.85. The Balaban J connectivity index is 1.69. The highest BCUT2D eigenvalue weighted by Crippen LogP contribution is 2.30. The van der Waals surface area contributed by atoms with Crippen LogP contribution in [0.25, 0.3) is 0 Å². The Morgan fingerprint density at radius 1 is 1.19 bits per heavy atom. The molecule has 2 aromatic carbocycles. The van der Waals surface area contributed by atoms with Gasteiger partial charge in [0, 0.05) is 6.42 Å². The first kappa shape index (κ1) is 13.9. The highest BCUT2D eigenvalue weighted by Gasteiger charge is 2.23. The molecule has 21 heavy (non-hydrogen) atoms. The van der Waals surface area contributed by atoms with E-state index in [9.17, 15) is 8.78 Å². The van der Waals surface area contributed by atoms with Crippen molar-refractivity contribution in [3.8, 4) is 5.75 Å². The van der Waals surface area contributed by atoms with Crippen molar-refractivity contribution in [1.29, 1.82) is 0 Å². The van der Waals surface area contributed by atoms with E-state index in [1.54, 1.807) is 6.92 Å². The molecule has 0 saturated carbocycles. The largest absolute Gasteiger partial charge is 0.488 e. The predicted molar refractivity (Wildman–Crippen MR) is 78.9 cm³/mol. The third-order valence-corrected chi connectivity index (χ3v) is 3.75. The van der Waals surface area contributed by atoms with Crippen molar-refractivity contribution >= 4 is 5.69 Å². The Kier molecular flexibility index (Phi) is 3.53. The highest BCUT2D eigenvalue weighted by atomic mass is 19.1. The number of hydrogen-bond acceptors (Lipinski definition) is 2. The van der Waals surface area contributed by atoms with Crippen LogP contribution in [-0.2, 0) is 6.42 Å². The lowest BCUT2D eigenvalue weighted by Gasteiger charge is -2.14. The molecule has 4 heteroatoms. The number of benzene rings is 2. The van der Waals surface area contributed by atoms with Gasteiger partial charge in [-0.15, -0.1) is 0 Å². The molecule has 110 valence electrons. The summed E-state index contributed by atoms with van der Waals surface area (Å²) >= 11 is 0. The first-order valence-corrected chi connectivity index (χ1v) is 6.99. The lowest BCUT2D eigenvalue weighted by molar-refractivity contribution is 0.246. The van der Waals surface area contributed by atoms with E-state index in [0.29, 0.717) is 12.1 Å². The van der Waals surface area contributed by atoms with E-state index in [-0.39, 0.29) is 11.8 Å². The second kappa shape index (κ2) is 5.35. The first-order chi connectivity index (χ1) is 10.0. The van der Waals surface area contributed by atoms with Crippen molar-refractivity contribution in [3.05, 3.63) is 58.7 Å². The minimum absolute atomic E-state index is 0.0780. The van der Waals surface area contributed by atoms with Crippen LogP contribution in [0.5, 0.6) is 5.75 Å². The van der Waals surface area contributed by atoms with Crippen molar-refractivity contribution in [2.75, 3.05) is 11.9 Å². The minimum atomic E-state index is -0.579. The molecule has 2 aromatic rings. The summed E-state index contributed by atoms with van der Waals surface area (Å²) in [4.78, 5) is 0. The van der Waals surface area contributed by atoms with Crippen LogP contribution in [0.4, 0.5) is 14.5 Å². The molecule has 0 bridgehead atoms. The van der Waals surface area contributed by atoms with Crippen LogP contribution in [0.1, 0.15) is 16.7 Å². The number of fused-ring (bicyclic) bond motifs is 1. The van der Waals surface area contributed by atoms with Gasteiger partial charge >= 0.3 is 0 Å². The lowest BCUT2D eigenvalue weighted by atomic mass is 10.1. The number of rotatable bonds is 3. The molecule has 1 unspecified atom stereocenters. The van der Waals surface area contributed by atoms with Gasteiger partial charge < -0.3 is 10.1 Å². The van der Waals surface area contributed by atoms with Gasteiger partial charge in [-0.05, 0) is 37.1 Å². The van der Waals surface area contributed by atoms with Gasteiger partial charge in [-0.3, -0.25) is 0 Å². The molecule has 2 nitrogen and oxygen atoms in total. The fourth-order valence-corrected chi connectivity index (χ4v) is 2.60. The molecule has 0 fully saturated rings. The van der Waals surface area contributed by atoms with Gasteiger partial charge in [0.1, 0.15) is 23.4 Å². The third kappa shape index (κ3) is 2.71. The van der Waals surface area contributed by atoms with Crippen molar-refractivity contribution in [2.24, 2.45) is 0 Å². The van der Waals surface area contributed by atoms with Crippen LogP contribution < -0.4 is 10.1 Å². The maximum Gasteiger partial charge on any atom is 0.152 e. The SMILES string of the molecule is Cc1ccc2c(c1)CC(CNc1c(F)ccc(C)c1F)O2. The van der Waals surface area contributed by atoms with E-state index >= 15 is 0 Å². The molecule has 0 amide bonds. The van der Waals surface area contributed by atoms with Crippen LogP contribution in [0, 0.1) is 25.5 Å². The zero-order valence-electron chi connectivity index (χ0n) is 12.0. The Bertz CT molecular complexity index is 685. The van der Waals surface area contributed by atoms with E-state index in [0.717, 1.165) is 17.7 Å². The van der Waals surface area contributed by atoms with Gasteiger partial charge in [0.05, 0.1) is 6.54 Å². The second-order valence-electron chi connectivity index (χ2n) is 5.49. The summed E-state index contributed by atoms with van der Waals surface area (Å²) in [5.74, 6) is -0.261. The van der Waals surface area contributed by atoms with Crippen LogP contribution in [0.2, 0.25) is 0 Å². The van der Waals surface area contributed by atoms with Crippen molar-refractivity contribution < 1.29 is 13.5 Å². The molecule has 0 saturated heterocycles. The molecular formula is C17H17F2NO. The third-order valence-electron chi connectivity index (χ3n) is 3.75. The Hall–Kier alpha value is -2.10. The normalized spacial score (nSPS) is 16.5. The van der Waals surface area contributed by atoms with E-state index in [1.807, 2.05) is 19.1 Å². The smallest absolute Gasteiger partial charge is 0.152 e. The van der Waals surface area contributed by atoms with E-state index in [1.165, 1.54) is 17.7 Å². The molecule has 0 spiro atoms. The summed E-state index contributed by atoms with van der Waals surface area (Å²) in [6, 6.07) is 8.73. The quantitative estimate of drug-likeness (QED) is 0.922. The number of ether oxygens (including phenoxy) is 1. The molecule has 0 aliphatic carbocycles. The minimum Gasteiger partial charge on any atom is -0.488 e. The molecule has 0 radical (unpaired) electrons. The molecule has 1 heterocycles. The standard InChI is InChI=1S/C17H17F2NO/c1-10-3-6-15-12(7-10)8-13(21-15)9-20-17-14(18)5-4-11(2)16(17)19/h3-7,13,20H,8-9H2,1-2H3. The maximum absolute atomic E-state index is 13.9. The Labute approximate surface area is 122 Å². The summed E-state index contributed by atoms with van der Waals surface area (Å²) < 4.78 is 33.4. The van der Waals surface area contributed by atoms with E-state index in [2.05, 4.69) is 11.4 Å². The monoisotopic (exact) mass is 289 g/mol. The van der Waals surface area contributed by atoms with Crippen molar-refractivity contribution in [2.45, 2.75) is 26.4 Å². The second-order valence-corrected chi connectivity index (χ2v) is 5.49. The fourth-order valence-electron chi connectivity index (χ4n) is 2.60. The van der Waals surface area contributed by atoms with Gasteiger partial charge in [-0.25, -0.2) is 8.78 Å². The average molecular weight is 289 g/mol. The lowest BCUT2D eigenvalue weighted by Crippen LogP contribution is -2.24. The predicted octanol–water partition coefficient (Wildman–Crippen LogP) is 4.00. The van der Waals surface area contributed by atoms with E-state index in [4.69, 9.17) is 4.74 Å². The number of halogens is 2. The fraction of sp³-hybridized carbons (Fsp3) is 0.294. The van der Waals surface area contributed by atoms with Gasteiger partial charge in [0.25, 0.3) is 0 Å². The van der Waals surface area contributed by atoms with Gasteiger partial charge in [-0.1, -0.05) is 23.8 Å². The molecule has 1 N–H and O–H groups in total. The summed E-state index contributed by atoms with van der Waals surface area (Å²) in [6.45, 7) is 4.01. The van der Waals surface area contributed by atoms with Crippen LogP contribution in [-0.4, -0.2) is 12.6 Å². The molecular weight excluding hydrogens is 272 g/mol. The highest BCUT2D eigenvalue weighted by molar-refractivity contribution is 5.49. The zero-order chi connectivity index (χ0) is 15.0. The topological polar surface area (TPSA) is 21.3 Å². The summed E-state index contributed by atoms with van der Waals surface area (Å²) in [7, 11) is 0. The number of nitrogens with one attached hydrogen (secondary N) is 1. The molecule has 0 aromatic heterocycles. The van der Waals surface area contributed by atoms with Crippen LogP contribution in [0.3, 0.4) is 0 Å². The van der Waals surface area contributed by atoms with E-state index < -0.39 is 11.6 Å². The van der Waals surface area contributed by atoms with Gasteiger partial charge in [0.15, 0.2) is 5.82 Å². The zero-order valence-corrected chi connectivity index (χ0v) is 12.0. The molecule has 1 aliphatic heterocycles. The summed E-state index contributed by atoms with van der Waals surface area (Å²) in [6.07, 6.45) is 0.639. The molecule has 1 aliphatic rings. The molecule has 1 atom stereocenters. The maximum atomic E-state index is 13.9. The number of hydrogen-bond donors (Lipinski definition) is 1. The number of aryl methyl sites for hydroxylation is 2. The van der Waals surface area contributed by atoms with Crippen LogP contribution >= 0.6 is 0 Å². The first-order valence-electron chi connectivity index (χ1n) is 6.99. The summed E-state index contributed by atoms with van der Waals surface area (Å²) in [5.41, 5.74) is 2.67. The van der Waals surface area contributed by atoms with Crippen molar-refractivity contribution in [3.63, 3.8) is 0 Å². The molecule has 3 rings (SSSR count).